The quantitative estimate of drug-likeness (QED) is 0.792. The van der Waals surface area contributed by atoms with Gasteiger partial charge in [0.15, 0.2) is 23.4 Å². The molecule has 0 radical (unpaired) electrons. The van der Waals surface area contributed by atoms with Gasteiger partial charge in [-0.25, -0.2) is 0 Å². The molecule has 3 aliphatic carbocycles. The van der Waals surface area contributed by atoms with Gasteiger partial charge in [0.1, 0.15) is 5.78 Å². The normalized spacial score (nSPS) is 36.6. The van der Waals surface area contributed by atoms with Crippen LogP contribution in [0.2, 0.25) is 0 Å². The van der Waals surface area contributed by atoms with Crippen molar-refractivity contribution in [1.82, 2.24) is 4.90 Å². The van der Waals surface area contributed by atoms with Crippen molar-refractivity contribution in [3.8, 4) is 11.5 Å². The molecule has 1 saturated heterocycles. The first-order chi connectivity index (χ1) is 13.8. The third kappa shape index (κ3) is 2.55. The lowest BCUT2D eigenvalue weighted by Crippen LogP contribution is -2.76. The third-order valence-corrected chi connectivity index (χ3v) is 7.56. The van der Waals surface area contributed by atoms with Crippen LogP contribution in [0, 0.1) is 5.92 Å². The number of phenolic OH excluding ortho intramolecular Hbond substituents is 1. The first kappa shape index (κ1) is 19.1. The number of ether oxygens (including phenoxy) is 1. The van der Waals surface area contributed by atoms with Gasteiger partial charge >= 0.3 is 0 Å². The van der Waals surface area contributed by atoms with Gasteiger partial charge in [-0.05, 0) is 70.0 Å². The second-order valence-electron chi connectivity index (χ2n) is 9.62. The fraction of sp³-hybridized carbons (Fsp3) is 0.652. The Morgan fingerprint density at radius 1 is 1.28 bits per heavy atom. The molecule has 29 heavy (non-hydrogen) atoms. The van der Waals surface area contributed by atoms with E-state index in [2.05, 4.69) is 4.90 Å². The minimum Gasteiger partial charge on any atom is -0.504 e. The Hall–Kier alpha value is -1.92. The van der Waals surface area contributed by atoms with Crippen LogP contribution in [0.5, 0.6) is 11.5 Å². The van der Waals surface area contributed by atoms with Gasteiger partial charge in [-0.3, -0.25) is 9.69 Å². The monoisotopic (exact) mass is 399 g/mol. The molecule has 156 valence electrons. The summed E-state index contributed by atoms with van der Waals surface area (Å²) in [6.45, 7) is 5.01. The first-order valence-corrected chi connectivity index (χ1v) is 10.8. The Balaban J connectivity index is 0.000000419. The zero-order valence-electron chi connectivity index (χ0n) is 17.1. The Kier molecular flexibility index (Phi) is 4.13. The highest BCUT2D eigenvalue weighted by atomic mass is 16.5. The van der Waals surface area contributed by atoms with Crippen molar-refractivity contribution >= 4 is 11.6 Å². The van der Waals surface area contributed by atoms with Crippen molar-refractivity contribution in [2.24, 2.45) is 5.92 Å². The van der Waals surface area contributed by atoms with E-state index in [9.17, 15) is 19.8 Å². The minimum absolute atomic E-state index is 0.0454. The zero-order chi connectivity index (χ0) is 20.6. The molecule has 1 spiro atoms. The van der Waals surface area contributed by atoms with Crippen molar-refractivity contribution in [1.29, 1.82) is 0 Å². The molecule has 3 fully saturated rings. The van der Waals surface area contributed by atoms with Crippen LogP contribution in [0.3, 0.4) is 0 Å². The second kappa shape index (κ2) is 6.29. The Morgan fingerprint density at radius 2 is 2.00 bits per heavy atom. The second-order valence-corrected chi connectivity index (χ2v) is 9.62. The molecule has 0 unspecified atom stereocenters. The number of carbonyl (C=O) groups is 2. The highest BCUT2D eigenvalue weighted by Gasteiger charge is 2.73. The van der Waals surface area contributed by atoms with Crippen LogP contribution in [-0.2, 0) is 21.4 Å². The van der Waals surface area contributed by atoms with E-state index in [1.54, 1.807) is 6.07 Å². The zero-order valence-corrected chi connectivity index (χ0v) is 17.1. The summed E-state index contributed by atoms with van der Waals surface area (Å²) in [5.41, 5.74) is 0.454. The predicted molar refractivity (Wildman–Crippen MR) is 106 cm³/mol. The number of piperidine rings is 1. The number of aliphatic hydroxyl groups is 1. The maximum Gasteiger partial charge on any atom is 0.174 e. The molecule has 2 aliphatic heterocycles. The van der Waals surface area contributed by atoms with Crippen LogP contribution in [0.25, 0.3) is 0 Å². The van der Waals surface area contributed by atoms with Crippen LogP contribution >= 0.6 is 0 Å². The number of Topliss-reactive ketones (excluding diaryl/α,β-unsaturated/α-hetero) is 2. The van der Waals surface area contributed by atoms with Gasteiger partial charge in [0.05, 0.1) is 11.0 Å². The van der Waals surface area contributed by atoms with E-state index >= 15 is 0 Å². The van der Waals surface area contributed by atoms with Crippen molar-refractivity contribution in [3.05, 3.63) is 23.3 Å². The largest absolute Gasteiger partial charge is 0.504 e. The van der Waals surface area contributed by atoms with Gasteiger partial charge in [0.25, 0.3) is 0 Å². The van der Waals surface area contributed by atoms with Crippen LogP contribution in [0.1, 0.15) is 57.1 Å². The Morgan fingerprint density at radius 3 is 2.69 bits per heavy atom. The molecule has 0 amide bonds. The molecule has 2 saturated carbocycles. The summed E-state index contributed by atoms with van der Waals surface area (Å²) in [6, 6.07) is 3.69. The SMILES string of the molecule is CC(C)=O.O=C1CC[C@@]2(O)[C@H]3Cc4ccc(O)c5c4[C@@]2(CCN3CC2CC2)[C@H]1O5. The van der Waals surface area contributed by atoms with E-state index in [1.165, 1.54) is 26.7 Å². The molecule has 6 heteroatoms. The fourth-order valence-electron chi connectivity index (χ4n) is 6.26. The number of rotatable bonds is 2. The number of phenols is 1. The number of benzene rings is 1. The molecule has 2 N–H and O–H groups in total. The van der Waals surface area contributed by atoms with Gasteiger partial charge in [-0.1, -0.05) is 6.07 Å². The maximum absolute atomic E-state index is 12.7. The van der Waals surface area contributed by atoms with E-state index < -0.39 is 17.1 Å². The predicted octanol–water partition coefficient (Wildman–Crippen LogP) is 2.12. The third-order valence-electron chi connectivity index (χ3n) is 7.56. The average molecular weight is 399 g/mol. The molecule has 5 aliphatic rings. The van der Waals surface area contributed by atoms with Gasteiger partial charge in [-0.2, -0.15) is 0 Å². The van der Waals surface area contributed by atoms with E-state index in [0.717, 1.165) is 43.0 Å². The number of carbonyl (C=O) groups excluding carboxylic acids is 2. The number of hydrogen-bond donors (Lipinski definition) is 2. The number of likely N-dealkylation sites (tertiary alicyclic amines) is 1. The van der Waals surface area contributed by atoms with Gasteiger partial charge < -0.3 is 19.7 Å². The van der Waals surface area contributed by atoms with Crippen LogP contribution in [0.4, 0.5) is 0 Å². The molecule has 2 bridgehead atoms. The van der Waals surface area contributed by atoms with Crippen LogP contribution in [-0.4, -0.2) is 57.5 Å². The summed E-state index contributed by atoms with van der Waals surface area (Å²) >= 11 is 0. The highest BCUT2D eigenvalue weighted by molar-refractivity contribution is 5.90. The molecule has 1 aromatic carbocycles. The molecule has 0 aromatic heterocycles. The van der Waals surface area contributed by atoms with Crippen molar-refractivity contribution < 1.29 is 24.5 Å². The van der Waals surface area contributed by atoms with Crippen molar-refractivity contribution in [3.63, 3.8) is 0 Å². The average Bonchev–Trinajstić information content (AvgIpc) is 3.39. The first-order valence-electron chi connectivity index (χ1n) is 10.8. The standard InChI is InChI=1S/C20H23NO4.C3H6O/c22-13-4-3-12-9-15-20(24)6-5-14(23)18-19(20,16(12)17(13)25-18)7-8-21(15)10-11-1-2-11;1-3(2)4/h3-4,11,15,18,22,24H,1-2,5-10H2;1-2H3/t15-,18+,19+,20-;/m1./s1. The number of aromatic hydroxyl groups is 1. The topological polar surface area (TPSA) is 87.1 Å². The lowest BCUT2D eigenvalue weighted by Gasteiger charge is -2.62. The Labute approximate surface area is 170 Å². The molecule has 4 atom stereocenters. The van der Waals surface area contributed by atoms with Crippen LogP contribution < -0.4 is 4.74 Å². The smallest absolute Gasteiger partial charge is 0.174 e. The van der Waals surface area contributed by atoms with Gasteiger partial charge in [0.2, 0.25) is 0 Å². The summed E-state index contributed by atoms with van der Waals surface area (Å²) < 4.78 is 6.04. The summed E-state index contributed by atoms with van der Waals surface area (Å²) in [6.07, 6.45) is 4.33. The summed E-state index contributed by atoms with van der Waals surface area (Å²) in [5, 5.41) is 22.3. The maximum atomic E-state index is 12.7. The molecule has 1 aromatic rings. The van der Waals surface area contributed by atoms with E-state index in [4.69, 9.17) is 4.74 Å². The number of hydrogen-bond acceptors (Lipinski definition) is 6. The summed E-state index contributed by atoms with van der Waals surface area (Å²) in [4.78, 5) is 24.6. The lowest BCUT2D eigenvalue weighted by molar-refractivity contribution is -0.188. The lowest BCUT2D eigenvalue weighted by atomic mass is 9.49. The summed E-state index contributed by atoms with van der Waals surface area (Å²) in [7, 11) is 0. The number of ketones is 2. The van der Waals surface area contributed by atoms with Crippen molar-refractivity contribution in [2.75, 3.05) is 13.1 Å². The van der Waals surface area contributed by atoms with E-state index in [0.29, 0.717) is 18.6 Å². The minimum atomic E-state index is -0.940. The fourth-order valence-corrected chi connectivity index (χ4v) is 6.26. The van der Waals surface area contributed by atoms with Crippen molar-refractivity contribution in [2.45, 2.75) is 75.5 Å². The molecule has 6 rings (SSSR count). The molecular formula is C23H29NO5. The Bertz CT molecular complexity index is 889. The van der Waals surface area contributed by atoms with E-state index in [1.807, 2.05) is 6.07 Å². The van der Waals surface area contributed by atoms with Gasteiger partial charge in [0, 0.05) is 24.6 Å². The molecular weight excluding hydrogens is 370 g/mol. The molecule has 6 nitrogen and oxygen atoms in total. The highest BCUT2D eigenvalue weighted by Crippen LogP contribution is 2.64. The summed E-state index contributed by atoms with van der Waals surface area (Å²) in [5.74, 6) is 1.56. The van der Waals surface area contributed by atoms with E-state index in [-0.39, 0.29) is 23.4 Å². The number of nitrogens with zero attached hydrogens (tertiary/aromatic N) is 1. The van der Waals surface area contributed by atoms with Gasteiger partial charge in [-0.15, -0.1) is 0 Å². The van der Waals surface area contributed by atoms with Crippen LogP contribution in [0.15, 0.2) is 12.1 Å². The molecule has 2 heterocycles.